The second-order valence-electron chi connectivity index (χ2n) is 21.0. The molecule has 0 N–H and O–H groups in total. The van der Waals surface area contributed by atoms with E-state index in [-0.39, 0.29) is 0 Å². The average Bonchev–Trinajstić information content (AvgIpc) is 4.16. The summed E-state index contributed by atoms with van der Waals surface area (Å²) in [5.74, 6) is 0. The lowest BCUT2D eigenvalue weighted by Gasteiger charge is -2.26. The van der Waals surface area contributed by atoms with Crippen LogP contribution >= 0.6 is 0 Å². The molecule has 80 heavy (non-hydrogen) atoms. The van der Waals surface area contributed by atoms with Crippen molar-refractivity contribution in [2.24, 2.45) is 7.05 Å². The molecule has 378 valence electrons. The first-order valence-corrected chi connectivity index (χ1v) is 27.5. The lowest BCUT2D eigenvalue weighted by Crippen LogP contribution is -2.09. The summed E-state index contributed by atoms with van der Waals surface area (Å²) in [6.07, 6.45) is 0. The van der Waals surface area contributed by atoms with Gasteiger partial charge >= 0.3 is 0 Å². The summed E-state index contributed by atoms with van der Waals surface area (Å²) in [6.45, 7) is 0. The molecule has 0 unspecified atom stereocenters. The van der Waals surface area contributed by atoms with Crippen LogP contribution in [0.3, 0.4) is 0 Å². The zero-order chi connectivity index (χ0) is 53.3. The standard InChI is InChI=1S/C76H54N4/c1-77(58-16-5-3-6-17-58)59-41-38-56(39-42-59)64-25-15-27-73-74(64)69-24-13-14-26-72(69)80(73)63-47-36-54(37-48-63)53-34-45-62(46-35-53)79(60-18-7-4-8-19-60)61-43-32-52(33-44-61)51-28-30-55(31-29-51)57-40-49-71-70(50-57)75-67-22-11-9-20-65(67)66-21-10-12-23-68(66)76(75)78(71)2/h3-50H,1-2H3. The number of nitrogens with zero attached hydrogens (tertiary/aromatic N) is 4. The van der Waals surface area contributed by atoms with Crippen molar-refractivity contribution >= 4 is 93.6 Å². The molecule has 4 heteroatoms. The van der Waals surface area contributed by atoms with Gasteiger partial charge in [-0.3, -0.25) is 0 Å². The molecule has 0 atom stereocenters. The normalized spacial score (nSPS) is 11.6. The third-order valence-electron chi connectivity index (χ3n) is 16.6. The average molecular weight is 1020 g/mol. The molecule has 2 aromatic heterocycles. The monoisotopic (exact) mass is 1020 g/mol. The minimum absolute atomic E-state index is 1.09. The third-order valence-corrected chi connectivity index (χ3v) is 16.6. The van der Waals surface area contributed by atoms with E-state index in [0.29, 0.717) is 0 Å². The second kappa shape index (κ2) is 19.2. The van der Waals surface area contributed by atoms with Crippen LogP contribution in [0.15, 0.2) is 291 Å². The number of rotatable bonds is 10. The largest absolute Gasteiger partial charge is 0.345 e. The Morgan fingerprint density at radius 2 is 0.700 bits per heavy atom. The van der Waals surface area contributed by atoms with Gasteiger partial charge in [0.25, 0.3) is 0 Å². The first kappa shape index (κ1) is 46.8. The van der Waals surface area contributed by atoms with Crippen molar-refractivity contribution in [3.8, 4) is 50.2 Å². The highest BCUT2D eigenvalue weighted by atomic mass is 15.1. The van der Waals surface area contributed by atoms with Crippen LogP contribution in [0.4, 0.5) is 28.4 Å². The van der Waals surface area contributed by atoms with E-state index in [1.807, 2.05) is 0 Å². The van der Waals surface area contributed by atoms with Gasteiger partial charge in [-0.15, -0.1) is 0 Å². The molecule has 0 spiro atoms. The zero-order valence-electron chi connectivity index (χ0n) is 44.5. The van der Waals surface area contributed by atoms with Crippen LogP contribution in [0, 0.1) is 0 Å². The third kappa shape index (κ3) is 7.83. The van der Waals surface area contributed by atoms with Gasteiger partial charge in [0.2, 0.25) is 0 Å². The Kier molecular flexibility index (Phi) is 11.3. The quantitative estimate of drug-likeness (QED) is 0.127. The summed E-state index contributed by atoms with van der Waals surface area (Å²) in [7, 11) is 4.33. The minimum atomic E-state index is 1.09. The molecule has 0 amide bonds. The van der Waals surface area contributed by atoms with E-state index in [0.717, 1.165) is 39.7 Å². The molecular formula is C76H54N4. The molecule has 0 fully saturated rings. The van der Waals surface area contributed by atoms with Crippen LogP contribution in [0.5, 0.6) is 0 Å². The van der Waals surface area contributed by atoms with Crippen molar-refractivity contribution in [3.63, 3.8) is 0 Å². The number of hydrogen-bond acceptors (Lipinski definition) is 2. The van der Waals surface area contributed by atoms with Gasteiger partial charge in [0.15, 0.2) is 0 Å². The van der Waals surface area contributed by atoms with Crippen LogP contribution in [0.1, 0.15) is 0 Å². The van der Waals surface area contributed by atoms with E-state index in [1.54, 1.807) is 0 Å². The Balaban J connectivity index is 0.697. The Hall–Kier alpha value is -10.4. The predicted octanol–water partition coefficient (Wildman–Crippen LogP) is 20.6. The Morgan fingerprint density at radius 3 is 1.32 bits per heavy atom. The molecule has 0 radical (unpaired) electrons. The molecule has 0 aliphatic heterocycles. The fraction of sp³-hybridized carbons (Fsp3) is 0.0263. The predicted molar refractivity (Wildman–Crippen MR) is 341 cm³/mol. The smallest absolute Gasteiger partial charge is 0.0574 e. The van der Waals surface area contributed by atoms with E-state index in [1.165, 1.54) is 104 Å². The van der Waals surface area contributed by atoms with E-state index < -0.39 is 0 Å². The molecule has 0 aliphatic carbocycles. The number of anilines is 5. The summed E-state index contributed by atoms with van der Waals surface area (Å²) >= 11 is 0. The van der Waals surface area contributed by atoms with Crippen LogP contribution in [0.2, 0.25) is 0 Å². The first-order chi connectivity index (χ1) is 39.5. The zero-order valence-corrected chi connectivity index (χ0v) is 44.5. The minimum Gasteiger partial charge on any atom is -0.345 e. The molecule has 15 rings (SSSR count). The van der Waals surface area contributed by atoms with E-state index >= 15 is 0 Å². The Morgan fingerprint density at radius 1 is 0.275 bits per heavy atom. The maximum Gasteiger partial charge on any atom is 0.0574 e. The van der Waals surface area contributed by atoms with Gasteiger partial charge in [0, 0.05) is 80.7 Å². The van der Waals surface area contributed by atoms with E-state index in [2.05, 4.69) is 324 Å². The van der Waals surface area contributed by atoms with Gasteiger partial charge in [0.1, 0.15) is 0 Å². The van der Waals surface area contributed by atoms with E-state index in [9.17, 15) is 0 Å². The fourth-order valence-electron chi connectivity index (χ4n) is 12.6. The highest BCUT2D eigenvalue weighted by Gasteiger charge is 2.20. The number of aryl methyl sites for hydroxylation is 1. The molecule has 0 saturated heterocycles. The summed E-state index contributed by atoms with van der Waals surface area (Å²) in [6, 6.07) is 106. The molecular weight excluding hydrogens is 969 g/mol. The molecule has 2 heterocycles. The SMILES string of the molecule is CN(c1ccccc1)c1ccc(-c2cccc3c2c2ccccc2n3-c2ccc(-c3ccc(N(c4ccccc4)c4ccc(-c5ccc(-c6ccc7c(c6)c6c8ccccc8c8ccccc8c6n7C)cc5)cc4)cc3)cc2)cc1. The number of fused-ring (bicyclic) bond motifs is 11. The van der Waals surface area contributed by atoms with Crippen LogP contribution in [0.25, 0.3) is 115 Å². The summed E-state index contributed by atoms with van der Waals surface area (Å²) < 4.78 is 4.78. The van der Waals surface area contributed by atoms with Gasteiger partial charge in [0.05, 0.1) is 16.6 Å². The molecule has 15 aromatic rings. The van der Waals surface area contributed by atoms with Crippen LogP contribution < -0.4 is 9.80 Å². The lowest BCUT2D eigenvalue weighted by molar-refractivity contribution is 1.02. The summed E-state index contributed by atoms with van der Waals surface area (Å²) in [5, 5.41) is 10.3. The summed E-state index contributed by atoms with van der Waals surface area (Å²) in [5.41, 5.74) is 21.2. The summed E-state index contributed by atoms with van der Waals surface area (Å²) in [4.78, 5) is 4.56. The van der Waals surface area contributed by atoms with Crippen LogP contribution in [-0.2, 0) is 7.05 Å². The van der Waals surface area contributed by atoms with Crippen molar-refractivity contribution in [3.05, 3.63) is 291 Å². The molecule has 0 saturated carbocycles. The van der Waals surface area contributed by atoms with Gasteiger partial charge in [-0.05, 0) is 158 Å². The second-order valence-corrected chi connectivity index (χ2v) is 21.0. The van der Waals surface area contributed by atoms with Crippen molar-refractivity contribution in [1.29, 1.82) is 0 Å². The topological polar surface area (TPSA) is 16.3 Å². The van der Waals surface area contributed by atoms with Crippen molar-refractivity contribution in [2.45, 2.75) is 0 Å². The number of hydrogen-bond donors (Lipinski definition) is 0. The van der Waals surface area contributed by atoms with Gasteiger partial charge in [-0.25, -0.2) is 0 Å². The highest BCUT2D eigenvalue weighted by Crippen LogP contribution is 2.44. The van der Waals surface area contributed by atoms with Crippen LogP contribution in [-0.4, -0.2) is 16.2 Å². The maximum atomic E-state index is 2.41. The highest BCUT2D eigenvalue weighted by molar-refractivity contribution is 6.32. The maximum absolute atomic E-state index is 2.41. The van der Waals surface area contributed by atoms with Crippen molar-refractivity contribution < 1.29 is 0 Å². The number of benzene rings is 13. The molecule has 0 aliphatic rings. The molecule has 4 nitrogen and oxygen atoms in total. The van der Waals surface area contributed by atoms with Crippen molar-refractivity contribution in [2.75, 3.05) is 16.8 Å². The van der Waals surface area contributed by atoms with Gasteiger partial charge < -0.3 is 18.9 Å². The van der Waals surface area contributed by atoms with Gasteiger partial charge in [-0.2, -0.15) is 0 Å². The first-order valence-electron chi connectivity index (χ1n) is 27.5. The fourth-order valence-corrected chi connectivity index (χ4v) is 12.6. The Bertz CT molecular complexity index is 4790. The molecule has 13 aromatic carbocycles. The number of para-hydroxylation sites is 3. The van der Waals surface area contributed by atoms with E-state index in [4.69, 9.17) is 0 Å². The van der Waals surface area contributed by atoms with Crippen molar-refractivity contribution in [1.82, 2.24) is 9.13 Å². The van der Waals surface area contributed by atoms with Gasteiger partial charge in [-0.1, -0.05) is 194 Å². The lowest BCUT2D eigenvalue weighted by atomic mass is 9.95. The molecule has 0 bridgehead atoms. The number of aromatic nitrogens is 2. The Labute approximate surface area is 465 Å².